The summed E-state index contributed by atoms with van der Waals surface area (Å²) in [6.45, 7) is 7.71. The molecule has 0 saturated heterocycles. The zero-order valence-electron chi connectivity index (χ0n) is 14.8. The van der Waals surface area contributed by atoms with E-state index in [9.17, 15) is 4.79 Å². The maximum absolute atomic E-state index is 12.5. The summed E-state index contributed by atoms with van der Waals surface area (Å²) >= 11 is 0. The van der Waals surface area contributed by atoms with Gasteiger partial charge in [0.05, 0.1) is 12.1 Å². The summed E-state index contributed by atoms with van der Waals surface area (Å²) in [4.78, 5) is 12.5. The van der Waals surface area contributed by atoms with Crippen molar-refractivity contribution in [3.8, 4) is 5.75 Å². The van der Waals surface area contributed by atoms with Gasteiger partial charge in [-0.25, -0.2) is 0 Å². The number of halogens is 1. The molecule has 1 atom stereocenters. The molecule has 0 spiro atoms. The average molecular weight is 361 g/mol. The Bertz CT molecular complexity index is 746. The van der Waals surface area contributed by atoms with Crippen LogP contribution < -0.4 is 15.4 Å². The van der Waals surface area contributed by atoms with E-state index in [4.69, 9.17) is 4.74 Å². The van der Waals surface area contributed by atoms with E-state index in [2.05, 4.69) is 10.6 Å². The molecule has 2 aromatic carbocycles. The predicted octanol–water partition coefficient (Wildman–Crippen LogP) is 3.99. The first-order chi connectivity index (χ1) is 11.5. The maximum atomic E-state index is 12.5. The number of carbonyl (C=O) groups excluding carboxylic acids is 1. The standard InChI is InChI=1S/C20H24N2O2.ClH/c1-13(2)24-19-6-4-5-15(10-19)14(3)22-20(23)16-7-8-17-11-21-12-18(17)9-16;/h4-10,13-14,21H,11-12H2,1-3H3,(H,22,23);1H. The van der Waals surface area contributed by atoms with Crippen LogP contribution in [0.15, 0.2) is 42.5 Å². The third kappa shape index (κ3) is 4.74. The molecule has 1 heterocycles. The van der Waals surface area contributed by atoms with Crippen molar-refractivity contribution < 1.29 is 9.53 Å². The summed E-state index contributed by atoms with van der Waals surface area (Å²) in [5, 5.41) is 6.37. The molecule has 1 amide bonds. The first kappa shape index (κ1) is 19.3. The lowest BCUT2D eigenvalue weighted by atomic mass is 10.0. The molecule has 2 N–H and O–H groups in total. The van der Waals surface area contributed by atoms with Crippen molar-refractivity contribution in [1.29, 1.82) is 0 Å². The van der Waals surface area contributed by atoms with Crippen molar-refractivity contribution in [3.05, 3.63) is 64.7 Å². The fourth-order valence-corrected chi connectivity index (χ4v) is 2.93. The molecule has 0 fully saturated rings. The van der Waals surface area contributed by atoms with Crippen LogP contribution in [-0.2, 0) is 13.1 Å². The number of fused-ring (bicyclic) bond motifs is 1. The number of hydrogen-bond donors (Lipinski definition) is 2. The smallest absolute Gasteiger partial charge is 0.251 e. The zero-order valence-corrected chi connectivity index (χ0v) is 15.7. The topological polar surface area (TPSA) is 50.4 Å². The molecular weight excluding hydrogens is 336 g/mol. The van der Waals surface area contributed by atoms with Crippen LogP contribution in [0.3, 0.4) is 0 Å². The van der Waals surface area contributed by atoms with Gasteiger partial charge in [-0.3, -0.25) is 4.79 Å². The highest BCUT2D eigenvalue weighted by Gasteiger charge is 2.16. The van der Waals surface area contributed by atoms with E-state index in [1.165, 1.54) is 11.1 Å². The highest BCUT2D eigenvalue weighted by Crippen LogP contribution is 2.21. The van der Waals surface area contributed by atoms with Gasteiger partial charge in [0, 0.05) is 18.7 Å². The van der Waals surface area contributed by atoms with Crippen molar-refractivity contribution in [2.45, 2.75) is 46.0 Å². The monoisotopic (exact) mass is 360 g/mol. The Morgan fingerprint density at radius 3 is 2.60 bits per heavy atom. The highest BCUT2D eigenvalue weighted by molar-refractivity contribution is 5.94. The minimum Gasteiger partial charge on any atom is -0.491 e. The van der Waals surface area contributed by atoms with Crippen LogP contribution in [0.4, 0.5) is 0 Å². The van der Waals surface area contributed by atoms with Gasteiger partial charge in [-0.05, 0) is 61.7 Å². The third-order valence-corrected chi connectivity index (χ3v) is 4.18. The average Bonchev–Trinajstić information content (AvgIpc) is 3.02. The van der Waals surface area contributed by atoms with Crippen LogP contribution in [0.1, 0.15) is 53.9 Å². The van der Waals surface area contributed by atoms with Crippen molar-refractivity contribution in [3.63, 3.8) is 0 Å². The minimum atomic E-state index is -0.0837. The summed E-state index contributed by atoms with van der Waals surface area (Å²) in [7, 11) is 0. The van der Waals surface area contributed by atoms with E-state index < -0.39 is 0 Å². The van der Waals surface area contributed by atoms with Gasteiger partial charge in [0.1, 0.15) is 5.75 Å². The number of ether oxygens (including phenoxy) is 1. The molecule has 5 heteroatoms. The zero-order chi connectivity index (χ0) is 17.1. The fourth-order valence-electron chi connectivity index (χ4n) is 2.93. The summed E-state index contributed by atoms with van der Waals surface area (Å²) in [5.74, 6) is 0.777. The van der Waals surface area contributed by atoms with E-state index in [0.29, 0.717) is 5.56 Å². The second-order valence-electron chi connectivity index (χ2n) is 6.52. The van der Waals surface area contributed by atoms with Crippen molar-refractivity contribution in [1.82, 2.24) is 10.6 Å². The van der Waals surface area contributed by atoms with Gasteiger partial charge in [0.25, 0.3) is 5.91 Å². The molecule has 0 bridgehead atoms. The highest BCUT2D eigenvalue weighted by atomic mass is 35.5. The second-order valence-corrected chi connectivity index (χ2v) is 6.52. The Balaban J connectivity index is 0.00000225. The molecule has 3 rings (SSSR count). The van der Waals surface area contributed by atoms with E-state index in [1.54, 1.807) is 0 Å². The molecular formula is C20H25ClN2O2. The van der Waals surface area contributed by atoms with Gasteiger partial charge in [0.2, 0.25) is 0 Å². The van der Waals surface area contributed by atoms with Gasteiger partial charge < -0.3 is 15.4 Å². The predicted molar refractivity (Wildman–Crippen MR) is 102 cm³/mol. The molecule has 1 aliphatic heterocycles. The first-order valence-corrected chi connectivity index (χ1v) is 8.43. The molecule has 134 valence electrons. The van der Waals surface area contributed by atoms with Crippen LogP contribution in [0.5, 0.6) is 5.75 Å². The van der Waals surface area contributed by atoms with Crippen LogP contribution in [0.25, 0.3) is 0 Å². The molecule has 2 aromatic rings. The molecule has 1 aliphatic rings. The lowest BCUT2D eigenvalue weighted by Gasteiger charge is -2.17. The molecule has 0 aliphatic carbocycles. The molecule has 25 heavy (non-hydrogen) atoms. The lowest BCUT2D eigenvalue weighted by molar-refractivity contribution is 0.0939. The number of carbonyl (C=O) groups is 1. The summed E-state index contributed by atoms with van der Waals surface area (Å²) in [6.07, 6.45) is 0.130. The summed E-state index contributed by atoms with van der Waals surface area (Å²) < 4.78 is 5.73. The number of nitrogens with one attached hydrogen (secondary N) is 2. The van der Waals surface area contributed by atoms with Gasteiger partial charge in [0.15, 0.2) is 0 Å². The van der Waals surface area contributed by atoms with Crippen LogP contribution >= 0.6 is 12.4 Å². The van der Waals surface area contributed by atoms with Crippen LogP contribution in [0.2, 0.25) is 0 Å². The van der Waals surface area contributed by atoms with E-state index >= 15 is 0 Å². The molecule has 4 nitrogen and oxygen atoms in total. The molecule has 0 saturated carbocycles. The number of amides is 1. The number of benzene rings is 2. The van der Waals surface area contributed by atoms with Gasteiger partial charge in [-0.2, -0.15) is 0 Å². The third-order valence-electron chi connectivity index (χ3n) is 4.18. The van der Waals surface area contributed by atoms with Gasteiger partial charge >= 0.3 is 0 Å². The first-order valence-electron chi connectivity index (χ1n) is 8.43. The summed E-state index contributed by atoms with van der Waals surface area (Å²) in [6, 6.07) is 13.7. The quantitative estimate of drug-likeness (QED) is 0.847. The Kier molecular flexibility index (Phi) is 6.45. The minimum absolute atomic E-state index is 0. The van der Waals surface area contributed by atoms with E-state index in [-0.39, 0.29) is 30.5 Å². The van der Waals surface area contributed by atoms with Crippen LogP contribution in [0, 0.1) is 0 Å². The van der Waals surface area contributed by atoms with E-state index in [1.807, 2.05) is 63.2 Å². The van der Waals surface area contributed by atoms with Crippen molar-refractivity contribution in [2.24, 2.45) is 0 Å². The Hall–Kier alpha value is -2.04. The Labute approximate surface area is 155 Å². The fraction of sp³-hybridized carbons (Fsp3) is 0.350. The molecule has 0 aromatic heterocycles. The Morgan fingerprint density at radius 1 is 1.08 bits per heavy atom. The largest absolute Gasteiger partial charge is 0.491 e. The number of hydrogen-bond acceptors (Lipinski definition) is 3. The van der Waals surface area contributed by atoms with Gasteiger partial charge in [-0.1, -0.05) is 18.2 Å². The lowest BCUT2D eigenvalue weighted by Crippen LogP contribution is -2.26. The Morgan fingerprint density at radius 2 is 1.84 bits per heavy atom. The van der Waals surface area contributed by atoms with Crippen LogP contribution in [-0.4, -0.2) is 12.0 Å². The van der Waals surface area contributed by atoms with Crippen molar-refractivity contribution in [2.75, 3.05) is 0 Å². The normalized spacial score (nSPS) is 13.8. The maximum Gasteiger partial charge on any atom is 0.251 e. The van der Waals surface area contributed by atoms with Gasteiger partial charge in [-0.15, -0.1) is 12.4 Å². The summed E-state index contributed by atoms with van der Waals surface area (Å²) in [5.41, 5.74) is 4.23. The molecule has 0 radical (unpaired) electrons. The number of rotatable bonds is 5. The second kappa shape index (κ2) is 8.37. The SMILES string of the molecule is CC(C)Oc1cccc(C(C)NC(=O)c2ccc3c(c2)CNC3)c1.Cl. The van der Waals surface area contributed by atoms with Crippen molar-refractivity contribution >= 4 is 18.3 Å². The van der Waals surface area contributed by atoms with E-state index in [0.717, 1.165) is 24.4 Å². The molecule has 1 unspecified atom stereocenters.